The zero-order valence-corrected chi connectivity index (χ0v) is 9.23. The van der Waals surface area contributed by atoms with Gasteiger partial charge in [-0.15, -0.1) is 0 Å². The Balaban J connectivity index is 2.61. The molecule has 0 saturated heterocycles. The average molecular weight is 208 g/mol. The van der Waals surface area contributed by atoms with E-state index >= 15 is 0 Å². The average Bonchev–Trinajstić information content (AvgIpc) is 2.59. The fraction of sp³-hybridized carbons (Fsp3) is 0.333. The summed E-state index contributed by atoms with van der Waals surface area (Å²) in [5, 5.41) is 2.06. The fourth-order valence-corrected chi connectivity index (χ4v) is 1.91. The summed E-state index contributed by atoms with van der Waals surface area (Å²) in [5.41, 5.74) is 2.54. The minimum absolute atomic E-state index is 0.585. The third-order valence-electron chi connectivity index (χ3n) is 2.82. The third kappa shape index (κ3) is 1.53. The molecule has 1 atom stereocenters. The number of H-pyrrole nitrogens is 1. The second-order valence-corrected chi connectivity index (χ2v) is 4.18. The highest BCUT2D eigenvalue weighted by atomic mass is 35.5. The number of benzene rings is 1. The van der Waals surface area contributed by atoms with Gasteiger partial charge in [0.2, 0.25) is 0 Å². The smallest absolute Gasteiger partial charge is 0.0457 e. The van der Waals surface area contributed by atoms with Crippen molar-refractivity contribution in [1.82, 2.24) is 4.98 Å². The first-order valence-corrected chi connectivity index (χ1v) is 5.36. The Bertz CT molecular complexity index is 445. The lowest BCUT2D eigenvalue weighted by Gasteiger charge is -2.06. The highest BCUT2D eigenvalue weighted by Gasteiger charge is 2.09. The van der Waals surface area contributed by atoms with Crippen molar-refractivity contribution in [3.63, 3.8) is 0 Å². The first-order valence-electron chi connectivity index (χ1n) is 4.99. The molecule has 0 amide bonds. The van der Waals surface area contributed by atoms with Gasteiger partial charge in [0.15, 0.2) is 0 Å². The maximum atomic E-state index is 5.98. The van der Waals surface area contributed by atoms with Gasteiger partial charge in [-0.05, 0) is 36.1 Å². The second kappa shape index (κ2) is 3.66. The number of aromatic nitrogens is 1. The number of aromatic amines is 1. The first kappa shape index (κ1) is 9.60. The minimum Gasteiger partial charge on any atom is -0.361 e. The maximum Gasteiger partial charge on any atom is 0.0457 e. The Hall–Kier alpha value is -0.950. The summed E-state index contributed by atoms with van der Waals surface area (Å²) in [6, 6.07) is 5.99. The van der Waals surface area contributed by atoms with Crippen molar-refractivity contribution < 1.29 is 0 Å². The Morgan fingerprint density at radius 3 is 2.93 bits per heavy atom. The zero-order valence-electron chi connectivity index (χ0n) is 8.47. The predicted molar refractivity (Wildman–Crippen MR) is 62.0 cm³/mol. The summed E-state index contributed by atoms with van der Waals surface area (Å²) < 4.78 is 0. The van der Waals surface area contributed by atoms with Gasteiger partial charge in [-0.25, -0.2) is 0 Å². The first-order chi connectivity index (χ1) is 6.72. The van der Waals surface area contributed by atoms with E-state index in [1.165, 1.54) is 16.5 Å². The van der Waals surface area contributed by atoms with E-state index in [2.05, 4.69) is 25.0 Å². The Kier molecular flexibility index (Phi) is 2.51. The summed E-state index contributed by atoms with van der Waals surface area (Å²) in [6.45, 7) is 4.44. The van der Waals surface area contributed by atoms with E-state index in [-0.39, 0.29) is 0 Å². The van der Waals surface area contributed by atoms with Crippen molar-refractivity contribution in [2.45, 2.75) is 26.2 Å². The van der Waals surface area contributed by atoms with E-state index in [4.69, 9.17) is 11.6 Å². The summed E-state index contributed by atoms with van der Waals surface area (Å²) in [5.74, 6) is 0.585. The van der Waals surface area contributed by atoms with Gasteiger partial charge in [0.05, 0.1) is 0 Å². The number of halogens is 1. The van der Waals surface area contributed by atoms with Crippen molar-refractivity contribution >= 4 is 22.5 Å². The molecule has 0 aliphatic carbocycles. The lowest BCUT2D eigenvalue weighted by molar-refractivity contribution is 0.739. The second-order valence-electron chi connectivity index (χ2n) is 3.74. The van der Waals surface area contributed by atoms with Crippen LogP contribution in [-0.4, -0.2) is 4.98 Å². The van der Waals surface area contributed by atoms with E-state index < -0.39 is 0 Å². The molecule has 1 N–H and O–H groups in total. The van der Waals surface area contributed by atoms with Crippen LogP contribution in [0, 0.1) is 0 Å². The van der Waals surface area contributed by atoms with Crippen molar-refractivity contribution in [1.29, 1.82) is 0 Å². The molecule has 0 saturated carbocycles. The molecule has 1 aromatic heterocycles. The van der Waals surface area contributed by atoms with Gasteiger partial charge >= 0.3 is 0 Å². The largest absolute Gasteiger partial charge is 0.361 e. The normalized spacial score (nSPS) is 13.4. The van der Waals surface area contributed by atoms with Crippen LogP contribution in [0.3, 0.4) is 0 Å². The Labute approximate surface area is 89.1 Å². The molecule has 1 heterocycles. The highest BCUT2D eigenvalue weighted by Crippen LogP contribution is 2.29. The van der Waals surface area contributed by atoms with Crippen LogP contribution in [0.1, 0.15) is 31.7 Å². The molecule has 1 aromatic carbocycles. The maximum absolute atomic E-state index is 5.98. The molecule has 74 valence electrons. The van der Waals surface area contributed by atoms with E-state index in [9.17, 15) is 0 Å². The van der Waals surface area contributed by atoms with Crippen LogP contribution in [0.2, 0.25) is 5.02 Å². The molecular formula is C12H14ClN. The third-order valence-corrected chi connectivity index (χ3v) is 3.05. The summed E-state index contributed by atoms with van der Waals surface area (Å²) in [7, 11) is 0. The number of nitrogens with one attached hydrogen (secondary N) is 1. The van der Waals surface area contributed by atoms with E-state index in [1.807, 2.05) is 18.2 Å². The predicted octanol–water partition coefficient (Wildman–Crippen LogP) is 4.33. The number of hydrogen-bond donors (Lipinski definition) is 1. The molecule has 0 aliphatic heterocycles. The molecule has 14 heavy (non-hydrogen) atoms. The lowest BCUT2D eigenvalue weighted by Crippen LogP contribution is -1.88. The van der Waals surface area contributed by atoms with Crippen molar-refractivity contribution in [3.8, 4) is 0 Å². The SMILES string of the molecule is CCC(C)c1c[nH]c2ccc(Cl)cc12. The quantitative estimate of drug-likeness (QED) is 0.754. The van der Waals surface area contributed by atoms with E-state index in [0.29, 0.717) is 5.92 Å². The van der Waals surface area contributed by atoms with Gasteiger partial charge in [0, 0.05) is 22.1 Å². The van der Waals surface area contributed by atoms with Gasteiger partial charge in [-0.3, -0.25) is 0 Å². The molecule has 0 bridgehead atoms. The summed E-state index contributed by atoms with van der Waals surface area (Å²) in [4.78, 5) is 3.27. The van der Waals surface area contributed by atoms with Crippen LogP contribution in [0.15, 0.2) is 24.4 Å². The van der Waals surface area contributed by atoms with Gasteiger partial charge in [-0.1, -0.05) is 25.4 Å². The zero-order chi connectivity index (χ0) is 10.1. The molecule has 2 rings (SSSR count). The van der Waals surface area contributed by atoms with Crippen LogP contribution >= 0.6 is 11.6 Å². The van der Waals surface area contributed by atoms with Crippen LogP contribution in [-0.2, 0) is 0 Å². The summed E-state index contributed by atoms with van der Waals surface area (Å²) >= 11 is 5.98. The number of fused-ring (bicyclic) bond motifs is 1. The van der Waals surface area contributed by atoms with Crippen LogP contribution < -0.4 is 0 Å². The Morgan fingerprint density at radius 1 is 1.43 bits per heavy atom. The van der Waals surface area contributed by atoms with Gasteiger partial charge in [0.1, 0.15) is 0 Å². The molecule has 2 heteroatoms. The van der Waals surface area contributed by atoms with E-state index in [1.54, 1.807) is 0 Å². The summed E-state index contributed by atoms with van der Waals surface area (Å²) in [6.07, 6.45) is 3.24. The minimum atomic E-state index is 0.585. The molecule has 1 nitrogen and oxygen atoms in total. The molecule has 1 unspecified atom stereocenters. The fourth-order valence-electron chi connectivity index (χ4n) is 1.74. The van der Waals surface area contributed by atoms with Crippen molar-refractivity contribution in [3.05, 3.63) is 35.0 Å². The topological polar surface area (TPSA) is 15.8 Å². The standard InChI is InChI=1S/C12H14ClN/c1-3-8(2)11-7-14-12-5-4-9(13)6-10(11)12/h4-8,14H,3H2,1-2H3. The van der Waals surface area contributed by atoms with Crippen LogP contribution in [0.25, 0.3) is 10.9 Å². The van der Waals surface area contributed by atoms with Crippen LogP contribution in [0.5, 0.6) is 0 Å². The van der Waals surface area contributed by atoms with Crippen LogP contribution in [0.4, 0.5) is 0 Å². The van der Waals surface area contributed by atoms with Crippen molar-refractivity contribution in [2.75, 3.05) is 0 Å². The Morgan fingerprint density at radius 2 is 2.21 bits per heavy atom. The van der Waals surface area contributed by atoms with Gasteiger partial charge in [0.25, 0.3) is 0 Å². The molecule has 0 spiro atoms. The lowest BCUT2D eigenvalue weighted by atomic mass is 9.98. The molecule has 0 aliphatic rings. The molecular weight excluding hydrogens is 194 g/mol. The van der Waals surface area contributed by atoms with Gasteiger partial charge in [-0.2, -0.15) is 0 Å². The van der Waals surface area contributed by atoms with Gasteiger partial charge < -0.3 is 4.98 Å². The molecule has 0 radical (unpaired) electrons. The molecule has 0 fully saturated rings. The highest BCUT2D eigenvalue weighted by molar-refractivity contribution is 6.31. The number of hydrogen-bond acceptors (Lipinski definition) is 0. The van der Waals surface area contributed by atoms with E-state index in [0.717, 1.165) is 11.4 Å². The monoisotopic (exact) mass is 207 g/mol. The number of rotatable bonds is 2. The van der Waals surface area contributed by atoms with Crippen molar-refractivity contribution in [2.24, 2.45) is 0 Å². The molecule has 2 aromatic rings.